The van der Waals surface area contributed by atoms with Crippen LogP contribution in [0, 0.1) is 6.92 Å². The highest BCUT2D eigenvalue weighted by atomic mass is 35.5. The standard InChI is InChI=1S/C26H25N5O4S.3ClH/c1-18-5-8-20(9-6-18)36(34,35)29-19-7-10-23-21(16-19)22(26(32)33)17-25(28-23)31-14-12-30(13-15-31)24-4-2-3-11-27-24;;;/h2-11,16-17,29H,12-15H2,1H3,(H,32,33);3*1H. The van der Waals surface area contributed by atoms with Gasteiger partial charge >= 0.3 is 5.97 Å². The van der Waals surface area contributed by atoms with Gasteiger partial charge in [-0.2, -0.15) is 0 Å². The lowest BCUT2D eigenvalue weighted by atomic mass is 10.1. The molecule has 0 saturated carbocycles. The molecule has 0 aliphatic carbocycles. The minimum Gasteiger partial charge on any atom is -0.478 e. The normalized spacial score (nSPS) is 13.1. The summed E-state index contributed by atoms with van der Waals surface area (Å²) in [5, 5.41) is 10.3. The number of carboxylic acids is 1. The predicted octanol–water partition coefficient (Wildman–Crippen LogP) is 5.03. The van der Waals surface area contributed by atoms with Crippen LogP contribution in [0.3, 0.4) is 0 Å². The van der Waals surface area contributed by atoms with Crippen molar-refractivity contribution in [1.82, 2.24) is 9.97 Å². The number of piperazine rings is 1. The molecule has 0 spiro atoms. The number of halogens is 3. The van der Waals surface area contributed by atoms with Gasteiger partial charge in [0.15, 0.2) is 0 Å². The van der Waals surface area contributed by atoms with Crippen LogP contribution in [-0.4, -0.2) is 55.6 Å². The van der Waals surface area contributed by atoms with Crippen molar-refractivity contribution in [2.24, 2.45) is 0 Å². The van der Waals surface area contributed by atoms with Crippen molar-refractivity contribution in [3.63, 3.8) is 0 Å². The first kappa shape index (κ1) is 31.9. The van der Waals surface area contributed by atoms with Gasteiger partial charge in [-0.05, 0) is 55.5 Å². The summed E-state index contributed by atoms with van der Waals surface area (Å²) < 4.78 is 28.1. The lowest BCUT2D eigenvalue weighted by Gasteiger charge is -2.36. The number of anilines is 3. The Balaban J connectivity index is 0.00000178. The first-order valence-electron chi connectivity index (χ1n) is 11.5. The Labute approximate surface area is 245 Å². The van der Waals surface area contributed by atoms with Gasteiger partial charge in [-0.15, -0.1) is 37.2 Å². The molecule has 13 heteroatoms. The quantitative estimate of drug-likeness (QED) is 0.312. The van der Waals surface area contributed by atoms with E-state index in [1.807, 2.05) is 25.1 Å². The van der Waals surface area contributed by atoms with Crippen molar-refractivity contribution in [3.8, 4) is 0 Å². The smallest absolute Gasteiger partial charge is 0.336 e. The number of benzene rings is 2. The average Bonchev–Trinajstić information content (AvgIpc) is 2.88. The number of nitrogens with one attached hydrogen (secondary N) is 1. The second-order valence-electron chi connectivity index (χ2n) is 8.65. The lowest BCUT2D eigenvalue weighted by molar-refractivity contribution is 0.0699. The fraction of sp³-hybridized carbons (Fsp3) is 0.192. The second kappa shape index (κ2) is 13.2. The number of fused-ring (bicyclic) bond motifs is 1. The number of aryl methyl sites for hydroxylation is 1. The van der Waals surface area contributed by atoms with Crippen LogP contribution >= 0.6 is 37.2 Å². The topological polar surface area (TPSA) is 116 Å². The van der Waals surface area contributed by atoms with Crippen molar-refractivity contribution >= 4 is 81.4 Å². The van der Waals surface area contributed by atoms with Gasteiger partial charge in [0, 0.05) is 43.4 Å². The third-order valence-corrected chi connectivity index (χ3v) is 7.58. The molecule has 2 aromatic heterocycles. The number of aromatic nitrogens is 2. The maximum absolute atomic E-state index is 12.8. The van der Waals surface area contributed by atoms with Crippen molar-refractivity contribution < 1.29 is 18.3 Å². The summed E-state index contributed by atoms with van der Waals surface area (Å²) in [6, 6.07) is 18.6. The zero-order chi connectivity index (χ0) is 25.3. The molecule has 1 saturated heterocycles. The third kappa shape index (κ3) is 7.02. The second-order valence-corrected chi connectivity index (χ2v) is 10.3. The van der Waals surface area contributed by atoms with Gasteiger partial charge in [-0.3, -0.25) is 4.72 Å². The van der Waals surface area contributed by atoms with Crippen LogP contribution in [0.1, 0.15) is 15.9 Å². The Bertz CT molecular complexity index is 1530. The molecule has 2 N–H and O–H groups in total. The van der Waals surface area contributed by atoms with E-state index in [1.54, 1.807) is 36.5 Å². The molecule has 0 radical (unpaired) electrons. The molecule has 0 bridgehead atoms. The molecule has 39 heavy (non-hydrogen) atoms. The van der Waals surface area contributed by atoms with Crippen LogP contribution in [-0.2, 0) is 10.0 Å². The van der Waals surface area contributed by atoms with Crippen LogP contribution in [0.5, 0.6) is 0 Å². The van der Waals surface area contributed by atoms with E-state index in [4.69, 9.17) is 4.98 Å². The van der Waals surface area contributed by atoms with Crippen LogP contribution < -0.4 is 14.5 Å². The van der Waals surface area contributed by atoms with Crippen LogP contribution in [0.15, 0.2) is 77.8 Å². The van der Waals surface area contributed by atoms with E-state index in [2.05, 4.69) is 19.5 Å². The highest BCUT2D eigenvalue weighted by molar-refractivity contribution is 7.92. The summed E-state index contributed by atoms with van der Waals surface area (Å²) in [4.78, 5) is 25.6. The molecule has 0 amide bonds. The zero-order valence-corrected chi connectivity index (χ0v) is 24.1. The minimum atomic E-state index is -3.82. The number of aromatic carboxylic acids is 1. The number of carboxylic acid groups (broad SMARTS) is 1. The molecule has 2 aromatic carbocycles. The van der Waals surface area contributed by atoms with Crippen molar-refractivity contribution in [2.75, 3.05) is 40.7 Å². The summed E-state index contributed by atoms with van der Waals surface area (Å²) in [5.74, 6) is 0.387. The SMILES string of the molecule is Cc1ccc(S(=O)(=O)Nc2ccc3nc(N4CCN(c5ccccn5)CC4)cc(C(=O)O)c3c2)cc1.Cl.Cl.Cl. The molecule has 3 heterocycles. The molecule has 1 fully saturated rings. The summed E-state index contributed by atoms with van der Waals surface area (Å²) in [6.45, 7) is 4.69. The number of nitrogens with zero attached hydrogens (tertiary/aromatic N) is 4. The van der Waals surface area contributed by atoms with Gasteiger partial charge in [-0.1, -0.05) is 23.8 Å². The lowest BCUT2D eigenvalue weighted by Crippen LogP contribution is -2.47. The Morgan fingerprint density at radius 3 is 2.10 bits per heavy atom. The van der Waals surface area contributed by atoms with E-state index < -0.39 is 16.0 Å². The summed E-state index contributed by atoms with van der Waals surface area (Å²) in [7, 11) is -3.82. The van der Waals surface area contributed by atoms with Gasteiger partial charge in [0.1, 0.15) is 11.6 Å². The average molecular weight is 613 g/mol. The van der Waals surface area contributed by atoms with Crippen LogP contribution in [0.25, 0.3) is 10.9 Å². The molecule has 4 aromatic rings. The summed E-state index contributed by atoms with van der Waals surface area (Å²) in [6.07, 6.45) is 1.76. The number of hydrogen-bond donors (Lipinski definition) is 2. The Kier molecular flexibility index (Phi) is 10.8. The summed E-state index contributed by atoms with van der Waals surface area (Å²) in [5.41, 5.74) is 1.77. The van der Waals surface area contributed by atoms with Crippen molar-refractivity contribution in [3.05, 3.63) is 84.1 Å². The van der Waals surface area contributed by atoms with Gasteiger partial charge < -0.3 is 14.9 Å². The molecule has 0 unspecified atom stereocenters. The first-order chi connectivity index (χ1) is 17.3. The van der Waals surface area contributed by atoms with E-state index in [9.17, 15) is 18.3 Å². The van der Waals surface area contributed by atoms with Gasteiger partial charge in [0.2, 0.25) is 0 Å². The van der Waals surface area contributed by atoms with Crippen LogP contribution in [0.2, 0.25) is 0 Å². The van der Waals surface area contributed by atoms with E-state index in [0.29, 0.717) is 29.8 Å². The Hall–Kier alpha value is -3.31. The van der Waals surface area contributed by atoms with Crippen molar-refractivity contribution in [1.29, 1.82) is 0 Å². The highest BCUT2D eigenvalue weighted by Crippen LogP contribution is 2.28. The number of rotatable bonds is 6. The van der Waals surface area contributed by atoms with Crippen molar-refractivity contribution in [2.45, 2.75) is 11.8 Å². The third-order valence-electron chi connectivity index (χ3n) is 6.19. The molecular formula is C26H28Cl3N5O4S. The minimum absolute atomic E-state index is 0. The monoisotopic (exact) mass is 611 g/mol. The number of hydrogen-bond acceptors (Lipinski definition) is 7. The number of sulfonamides is 1. The van der Waals surface area contributed by atoms with Gasteiger partial charge in [0.05, 0.1) is 16.0 Å². The maximum atomic E-state index is 12.8. The fourth-order valence-corrected chi connectivity index (χ4v) is 5.30. The van der Waals surface area contributed by atoms with E-state index in [0.717, 1.165) is 24.5 Å². The molecule has 9 nitrogen and oxygen atoms in total. The van der Waals surface area contributed by atoms with Crippen LogP contribution in [0.4, 0.5) is 17.3 Å². The molecule has 1 aliphatic heterocycles. The number of pyridine rings is 2. The molecule has 0 atom stereocenters. The largest absolute Gasteiger partial charge is 0.478 e. The first-order valence-corrected chi connectivity index (χ1v) is 13.0. The molecule has 5 rings (SSSR count). The van der Waals surface area contributed by atoms with E-state index in [1.165, 1.54) is 18.2 Å². The Morgan fingerprint density at radius 1 is 0.872 bits per heavy atom. The van der Waals surface area contributed by atoms with Gasteiger partial charge in [0.25, 0.3) is 10.0 Å². The van der Waals surface area contributed by atoms with E-state index >= 15 is 0 Å². The molecule has 1 aliphatic rings. The zero-order valence-electron chi connectivity index (χ0n) is 20.9. The molecular weight excluding hydrogens is 585 g/mol. The highest BCUT2D eigenvalue weighted by Gasteiger charge is 2.22. The van der Waals surface area contributed by atoms with E-state index in [-0.39, 0.29) is 53.4 Å². The summed E-state index contributed by atoms with van der Waals surface area (Å²) >= 11 is 0. The van der Waals surface area contributed by atoms with Gasteiger partial charge in [-0.25, -0.2) is 23.2 Å². The molecule has 208 valence electrons. The maximum Gasteiger partial charge on any atom is 0.336 e. The number of carbonyl (C=O) groups is 1. The fourth-order valence-electron chi connectivity index (χ4n) is 4.25. The predicted molar refractivity (Wildman–Crippen MR) is 161 cm³/mol. The Morgan fingerprint density at radius 2 is 1.51 bits per heavy atom.